The molecule has 0 radical (unpaired) electrons. The van der Waals surface area contributed by atoms with Crippen molar-refractivity contribution in [3.63, 3.8) is 0 Å². The van der Waals surface area contributed by atoms with Gasteiger partial charge in [0.1, 0.15) is 6.61 Å². The minimum Gasteiger partial charge on any atom is -0.469 e. The monoisotopic (exact) mass is 158 g/mol. The number of hydrogen-bond acceptors (Lipinski definition) is 4. The zero-order valence-corrected chi connectivity index (χ0v) is 6.33. The fourth-order valence-corrected chi connectivity index (χ4v) is 0.396. The van der Waals surface area contributed by atoms with Crippen molar-refractivity contribution in [2.75, 3.05) is 13.7 Å². The second kappa shape index (κ2) is 5.46. The Morgan fingerprint density at radius 1 is 1.55 bits per heavy atom. The zero-order valence-electron chi connectivity index (χ0n) is 6.33. The van der Waals surface area contributed by atoms with Crippen molar-refractivity contribution in [3.05, 3.63) is 12.7 Å². The van der Waals surface area contributed by atoms with Gasteiger partial charge in [0.25, 0.3) is 0 Å². The quantitative estimate of drug-likeness (QED) is 0.435. The van der Waals surface area contributed by atoms with Gasteiger partial charge in [0.2, 0.25) is 0 Å². The summed E-state index contributed by atoms with van der Waals surface area (Å²) in [5.41, 5.74) is 0. The fourth-order valence-electron chi connectivity index (χ4n) is 0.396. The van der Waals surface area contributed by atoms with Crippen LogP contribution in [-0.2, 0) is 19.1 Å². The predicted molar refractivity (Wildman–Crippen MR) is 37.8 cm³/mol. The van der Waals surface area contributed by atoms with Gasteiger partial charge < -0.3 is 9.47 Å². The molecule has 0 aromatic carbocycles. The van der Waals surface area contributed by atoms with Crippen LogP contribution in [0.15, 0.2) is 12.7 Å². The van der Waals surface area contributed by atoms with Crippen LogP contribution in [-0.4, -0.2) is 25.7 Å². The average Bonchev–Trinajstić information content (AvgIpc) is 2.04. The fraction of sp³-hybridized carbons (Fsp3) is 0.429. The molecule has 0 amide bonds. The van der Waals surface area contributed by atoms with Crippen molar-refractivity contribution in [1.29, 1.82) is 0 Å². The van der Waals surface area contributed by atoms with E-state index in [-0.39, 0.29) is 13.0 Å². The lowest BCUT2D eigenvalue weighted by atomic mass is 10.5. The number of esters is 2. The standard InChI is InChI=1S/C7H10O4/c1-3-6(8)11-5-4-7(9)10-2/h3H,1,4-5H2,2H3. The summed E-state index contributed by atoms with van der Waals surface area (Å²) in [6.45, 7) is 3.23. The summed E-state index contributed by atoms with van der Waals surface area (Å²) < 4.78 is 8.82. The molecular formula is C7H10O4. The summed E-state index contributed by atoms with van der Waals surface area (Å²) in [7, 11) is 1.28. The molecule has 0 saturated heterocycles. The molecule has 0 bridgehead atoms. The van der Waals surface area contributed by atoms with Crippen LogP contribution in [0.1, 0.15) is 6.42 Å². The van der Waals surface area contributed by atoms with Crippen LogP contribution in [0.2, 0.25) is 0 Å². The van der Waals surface area contributed by atoms with E-state index >= 15 is 0 Å². The summed E-state index contributed by atoms with van der Waals surface area (Å²) in [5.74, 6) is -0.934. The van der Waals surface area contributed by atoms with Crippen molar-refractivity contribution in [2.24, 2.45) is 0 Å². The van der Waals surface area contributed by atoms with Gasteiger partial charge >= 0.3 is 11.9 Å². The van der Waals surface area contributed by atoms with E-state index < -0.39 is 11.9 Å². The van der Waals surface area contributed by atoms with Gasteiger partial charge in [0.05, 0.1) is 13.5 Å². The maximum Gasteiger partial charge on any atom is 0.330 e. The zero-order chi connectivity index (χ0) is 8.69. The lowest BCUT2D eigenvalue weighted by Gasteiger charge is -1.99. The normalized spacial score (nSPS) is 8.45. The molecule has 0 aliphatic heterocycles. The van der Waals surface area contributed by atoms with Crippen molar-refractivity contribution in [1.82, 2.24) is 0 Å². The van der Waals surface area contributed by atoms with Crippen LogP contribution < -0.4 is 0 Å². The Kier molecular flexibility index (Phi) is 4.81. The Morgan fingerprint density at radius 2 is 2.18 bits per heavy atom. The van der Waals surface area contributed by atoms with Crippen LogP contribution in [0.5, 0.6) is 0 Å². The molecule has 0 rings (SSSR count). The van der Waals surface area contributed by atoms with Crippen LogP contribution in [0.3, 0.4) is 0 Å². The van der Waals surface area contributed by atoms with Gasteiger partial charge in [0.15, 0.2) is 0 Å². The predicted octanol–water partition coefficient (Wildman–Crippen LogP) is 0.279. The highest BCUT2D eigenvalue weighted by Gasteiger charge is 2.01. The summed E-state index contributed by atoms with van der Waals surface area (Å²) in [5, 5.41) is 0. The number of carbonyl (C=O) groups excluding carboxylic acids is 2. The first-order chi connectivity index (χ1) is 5.20. The number of carbonyl (C=O) groups is 2. The largest absolute Gasteiger partial charge is 0.469 e. The first kappa shape index (κ1) is 9.68. The summed E-state index contributed by atoms with van der Waals surface area (Å²) in [6, 6.07) is 0. The van der Waals surface area contributed by atoms with Crippen LogP contribution >= 0.6 is 0 Å². The first-order valence-electron chi connectivity index (χ1n) is 3.06. The Hall–Kier alpha value is -1.32. The molecular weight excluding hydrogens is 148 g/mol. The second-order valence-corrected chi connectivity index (χ2v) is 1.70. The molecule has 0 spiro atoms. The van der Waals surface area contributed by atoms with Gasteiger partial charge in [0, 0.05) is 6.08 Å². The van der Waals surface area contributed by atoms with E-state index in [1.54, 1.807) is 0 Å². The highest BCUT2D eigenvalue weighted by Crippen LogP contribution is 1.87. The van der Waals surface area contributed by atoms with Gasteiger partial charge in [-0.05, 0) is 0 Å². The maximum atomic E-state index is 10.4. The van der Waals surface area contributed by atoms with E-state index in [1.165, 1.54) is 7.11 Å². The van der Waals surface area contributed by atoms with Crippen LogP contribution in [0, 0.1) is 0 Å². The molecule has 0 unspecified atom stereocenters. The van der Waals surface area contributed by atoms with E-state index in [1.807, 2.05) is 0 Å². The highest BCUT2D eigenvalue weighted by atomic mass is 16.5. The van der Waals surface area contributed by atoms with Crippen molar-refractivity contribution >= 4 is 11.9 Å². The van der Waals surface area contributed by atoms with E-state index in [2.05, 4.69) is 16.1 Å². The van der Waals surface area contributed by atoms with E-state index in [9.17, 15) is 9.59 Å². The van der Waals surface area contributed by atoms with E-state index in [0.717, 1.165) is 6.08 Å². The molecule has 11 heavy (non-hydrogen) atoms. The second-order valence-electron chi connectivity index (χ2n) is 1.70. The number of rotatable bonds is 4. The molecule has 0 N–H and O–H groups in total. The summed E-state index contributed by atoms with van der Waals surface area (Å²) >= 11 is 0. The van der Waals surface area contributed by atoms with Crippen LogP contribution in [0.25, 0.3) is 0 Å². The maximum absolute atomic E-state index is 10.4. The van der Waals surface area contributed by atoms with Crippen molar-refractivity contribution in [3.8, 4) is 0 Å². The average molecular weight is 158 g/mol. The molecule has 0 aliphatic carbocycles. The lowest BCUT2D eigenvalue weighted by molar-refractivity contribution is -0.144. The van der Waals surface area contributed by atoms with Crippen LogP contribution in [0.4, 0.5) is 0 Å². The van der Waals surface area contributed by atoms with E-state index in [4.69, 9.17) is 0 Å². The third-order valence-electron chi connectivity index (χ3n) is 0.945. The molecule has 0 aromatic rings. The van der Waals surface area contributed by atoms with Gasteiger partial charge in [-0.15, -0.1) is 0 Å². The van der Waals surface area contributed by atoms with Gasteiger partial charge in [-0.25, -0.2) is 4.79 Å². The Labute approximate surface area is 64.8 Å². The smallest absolute Gasteiger partial charge is 0.330 e. The van der Waals surface area contributed by atoms with Gasteiger partial charge in [-0.3, -0.25) is 4.79 Å². The van der Waals surface area contributed by atoms with Gasteiger partial charge in [-0.2, -0.15) is 0 Å². The lowest BCUT2D eigenvalue weighted by Crippen LogP contribution is -2.08. The Bertz CT molecular complexity index is 162. The van der Waals surface area contributed by atoms with Gasteiger partial charge in [-0.1, -0.05) is 6.58 Å². The molecule has 0 fully saturated rings. The minimum absolute atomic E-state index is 0.0392. The summed E-state index contributed by atoms with van der Waals surface area (Å²) in [6.07, 6.45) is 1.12. The first-order valence-corrected chi connectivity index (χ1v) is 3.06. The third-order valence-corrected chi connectivity index (χ3v) is 0.945. The molecule has 4 nitrogen and oxygen atoms in total. The Morgan fingerprint density at radius 3 is 2.64 bits per heavy atom. The van der Waals surface area contributed by atoms with E-state index in [0.29, 0.717) is 0 Å². The SMILES string of the molecule is C=CC(=O)OCCC(=O)OC. The van der Waals surface area contributed by atoms with Crippen molar-refractivity contribution < 1.29 is 19.1 Å². The molecule has 0 aliphatic rings. The summed E-state index contributed by atoms with van der Waals surface area (Å²) in [4.78, 5) is 20.8. The molecule has 62 valence electrons. The molecule has 0 atom stereocenters. The number of methoxy groups -OCH3 is 1. The molecule has 0 saturated carbocycles. The Balaban J connectivity index is 3.34. The highest BCUT2D eigenvalue weighted by molar-refractivity contribution is 5.81. The topological polar surface area (TPSA) is 52.6 Å². The van der Waals surface area contributed by atoms with Crippen molar-refractivity contribution in [2.45, 2.75) is 6.42 Å². The molecule has 4 heteroatoms. The molecule has 0 aromatic heterocycles. The number of ether oxygens (including phenoxy) is 2. The number of hydrogen-bond donors (Lipinski definition) is 0. The minimum atomic E-state index is -0.533. The molecule has 0 heterocycles. The third kappa shape index (κ3) is 5.14.